The summed E-state index contributed by atoms with van der Waals surface area (Å²) < 4.78 is 14.4. The van der Waals surface area contributed by atoms with Crippen molar-refractivity contribution in [2.45, 2.75) is 57.5 Å². The van der Waals surface area contributed by atoms with Crippen LogP contribution in [0.5, 0.6) is 0 Å². The second kappa shape index (κ2) is 14.9. The average molecular weight is 586 g/mol. The van der Waals surface area contributed by atoms with Gasteiger partial charge in [0.2, 0.25) is 5.91 Å². The van der Waals surface area contributed by atoms with Crippen LogP contribution in [0, 0.1) is 0 Å². The fourth-order valence-electron chi connectivity index (χ4n) is 3.78. The number of nitrogens with one attached hydrogen (secondary N) is 2. The average Bonchev–Trinajstić information content (AvgIpc) is 2.88. The molecule has 2 unspecified atom stereocenters. The number of fused-ring (bicyclic) bond motifs is 1. The van der Waals surface area contributed by atoms with Gasteiger partial charge in [-0.3, -0.25) is 19.3 Å². The predicted molar refractivity (Wildman–Crippen MR) is 136 cm³/mol. The second-order valence-electron chi connectivity index (χ2n) is 8.44. The Hall–Kier alpha value is -4.08. The van der Waals surface area contributed by atoms with Gasteiger partial charge in [0.25, 0.3) is 5.91 Å². The molecule has 3 atom stereocenters. The highest BCUT2D eigenvalue weighted by molar-refractivity contribution is 8.00. The predicted octanol–water partition coefficient (Wildman–Crippen LogP) is -0.489. The number of hydrogen-bond donors (Lipinski definition) is 4. The van der Waals surface area contributed by atoms with Crippen molar-refractivity contribution in [2.75, 3.05) is 25.6 Å². The van der Waals surface area contributed by atoms with E-state index in [1.165, 1.54) is 32.5 Å². The van der Waals surface area contributed by atoms with E-state index in [9.17, 15) is 43.8 Å². The fourth-order valence-corrected chi connectivity index (χ4v) is 5.10. The van der Waals surface area contributed by atoms with Gasteiger partial charge in [-0.05, 0) is 26.7 Å². The highest BCUT2D eigenvalue weighted by atomic mass is 32.2. The molecule has 0 aromatic heterocycles. The number of carboxylic acids is 2. The molecule has 2 heterocycles. The summed E-state index contributed by atoms with van der Waals surface area (Å²) in [5.74, 6) is -6.25. The van der Waals surface area contributed by atoms with E-state index in [1.807, 2.05) is 0 Å². The number of carbonyl (C=O) groups excluding carboxylic acids is 5. The Bertz CT molecular complexity index is 1100. The van der Waals surface area contributed by atoms with Crippen molar-refractivity contribution in [3.05, 3.63) is 23.0 Å². The quantitative estimate of drug-likeness (QED) is 0.0477. The van der Waals surface area contributed by atoms with Crippen molar-refractivity contribution in [1.29, 1.82) is 0 Å². The Labute approximate surface area is 233 Å². The van der Waals surface area contributed by atoms with Crippen molar-refractivity contribution >= 4 is 53.4 Å². The summed E-state index contributed by atoms with van der Waals surface area (Å²) in [6.45, 7) is 3.94. The van der Waals surface area contributed by atoms with Crippen molar-refractivity contribution in [3.8, 4) is 0 Å². The molecule has 2 aliphatic heterocycles. The zero-order valence-electron chi connectivity index (χ0n) is 22.1. The van der Waals surface area contributed by atoms with Crippen LogP contribution in [0.15, 0.2) is 23.0 Å². The lowest BCUT2D eigenvalue weighted by Crippen LogP contribution is -2.70. The summed E-state index contributed by atoms with van der Waals surface area (Å²) >= 11 is 1.21. The molecule has 1 saturated heterocycles. The van der Waals surface area contributed by atoms with Crippen LogP contribution in [-0.4, -0.2) is 99.8 Å². The van der Waals surface area contributed by atoms with Crippen LogP contribution in [0.3, 0.4) is 0 Å². The summed E-state index contributed by atoms with van der Waals surface area (Å²) in [4.78, 5) is 84.8. The molecular formula is C24H31N3O12S. The minimum absolute atomic E-state index is 0.0168. The number of hydrogen-bond acceptors (Lipinski definition) is 12. The lowest BCUT2D eigenvalue weighted by molar-refractivity contribution is -0.151. The van der Waals surface area contributed by atoms with Gasteiger partial charge in [0.15, 0.2) is 5.57 Å². The van der Waals surface area contributed by atoms with Gasteiger partial charge >= 0.3 is 29.8 Å². The smallest absolute Gasteiger partial charge is 0.352 e. The topological polar surface area (TPSA) is 215 Å². The van der Waals surface area contributed by atoms with Crippen molar-refractivity contribution < 1.29 is 58.0 Å². The highest BCUT2D eigenvalue weighted by Crippen LogP contribution is 2.40. The van der Waals surface area contributed by atoms with Gasteiger partial charge in [-0.15, -0.1) is 11.8 Å². The van der Waals surface area contributed by atoms with Gasteiger partial charge in [-0.25, -0.2) is 19.2 Å². The molecule has 0 radical (unpaired) electrons. The fraction of sp³-hybridized carbons (Fsp3) is 0.542. The van der Waals surface area contributed by atoms with E-state index in [0.29, 0.717) is 0 Å². The third kappa shape index (κ3) is 8.21. The summed E-state index contributed by atoms with van der Waals surface area (Å²) in [7, 11) is 0. The molecule has 0 aromatic rings. The molecule has 4 N–H and O–H groups in total. The zero-order chi connectivity index (χ0) is 30.0. The first-order chi connectivity index (χ1) is 18.9. The molecule has 40 heavy (non-hydrogen) atoms. The van der Waals surface area contributed by atoms with Crippen LogP contribution in [0.2, 0.25) is 0 Å². The third-order valence-corrected chi connectivity index (χ3v) is 6.97. The third-order valence-electron chi connectivity index (χ3n) is 5.63. The van der Waals surface area contributed by atoms with Crippen LogP contribution >= 0.6 is 11.8 Å². The number of carboxylic acid groups (broad SMARTS) is 2. The van der Waals surface area contributed by atoms with Gasteiger partial charge in [-0.1, -0.05) is 0 Å². The molecule has 0 aliphatic carbocycles. The first kappa shape index (κ1) is 32.1. The van der Waals surface area contributed by atoms with Crippen LogP contribution < -0.4 is 10.6 Å². The number of β-lactam (4-membered cyclic amide) rings is 1. The van der Waals surface area contributed by atoms with Crippen molar-refractivity contribution in [3.63, 3.8) is 0 Å². The highest BCUT2D eigenvalue weighted by Gasteiger charge is 2.54. The minimum Gasteiger partial charge on any atom is -0.480 e. The SMILES string of the molecule is CCOC(=O)C(=CNC(CCCC(=O)N[C@H]1C(=O)N2C(C(=O)O)=C(COC(C)=O)CSC12)C(=O)O)C(=O)OCC. The van der Waals surface area contributed by atoms with E-state index in [1.54, 1.807) is 0 Å². The number of rotatable bonds is 15. The summed E-state index contributed by atoms with van der Waals surface area (Å²) in [6, 6.07) is -2.24. The standard InChI is InChI=1S/C24H31N3O12S/c1-4-37-23(35)14(24(36)38-5-2)9-25-15(21(31)32)7-6-8-16(29)26-17-19(30)27-18(22(33)34)13(10-39-12(3)28)11-40-20(17)27/h9,15,17,20,25H,4-8,10-11H2,1-3H3,(H,26,29)(H,31,32)(H,33,34)/t15?,17-,20?/m0/s1. The Morgan fingerprint density at radius 3 is 2.23 bits per heavy atom. The van der Waals surface area contributed by atoms with Crippen LogP contribution in [-0.2, 0) is 47.8 Å². The van der Waals surface area contributed by atoms with E-state index < -0.39 is 64.7 Å². The van der Waals surface area contributed by atoms with Gasteiger partial charge in [0.05, 0.1) is 13.2 Å². The molecule has 0 saturated carbocycles. The Kier molecular flexibility index (Phi) is 12.0. The maximum atomic E-state index is 12.7. The molecule has 0 spiro atoms. The second-order valence-corrected chi connectivity index (χ2v) is 9.55. The molecule has 2 amide bonds. The number of thioether (sulfide) groups is 1. The van der Waals surface area contributed by atoms with Crippen molar-refractivity contribution in [2.24, 2.45) is 0 Å². The Balaban J connectivity index is 1.95. The number of aliphatic carboxylic acids is 2. The first-order valence-corrected chi connectivity index (χ1v) is 13.3. The van der Waals surface area contributed by atoms with Crippen LogP contribution in [0.1, 0.15) is 40.0 Å². The van der Waals surface area contributed by atoms with Crippen LogP contribution in [0.4, 0.5) is 0 Å². The van der Waals surface area contributed by atoms with Gasteiger partial charge in [0.1, 0.15) is 29.8 Å². The Morgan fingerprint density at radius 2 is 1.70 bits per heavy atom. The van der Waals surface area contributed by atoms with E-state index in [4.69, 9.17) is 14.2 Å². The molecular weight excluding hydrogens is 554 g/mol. The van der Waals surface area contributed by atoms with E-state index in [2.05, 4.69) is 10.6 Å². The molecule has 15 nitrogen and oxygen atoms in total. The number of carbonyl (C=O) groups is 7. The number of esters is 3. The van der Waals surface area contributed by atoms with Gasteiger partial charge < -0.3 is 35.1 Å². The lowest BCUT2D eigenvalue weighted by Gasteiger charge is -2.49. The Morgan fingerprint density at radius 1 is 1.07 bits per heavy atom. The maximum Gasteiger partial charge on any atom is 0.352 e. The largest absolute Gasteiger partial charge is 0.480 e. The first-order valence-electron chi connectivity index (χ1n) is 12.3. The maximum absolute atomic E-state index is 12.7. The summed E-state index contributed by atoms with van der Waals surface area (Å²) in [5, 5.41) is 23.4. The molecule has 2 aliphatic rings. The van der Waals surface area contributed by atoms with E-state index in [0.717, 1.165) is 11.1 Å². The van der Waals surface area contributed by atoms with Crippen LogP contribution in [0.25, 0.3) is 0 Å². The molecule has 220 valence electrons. The number of amides is 2. The molecule has 1 fully saturated rings. The molecule has 0 aromatic carbocycles. The number of ether oxygens (including phenoxy) is 3. The monoisotopic (exact) mass is 585 g/mol. The molecule has 16 heteroatoms. The number of nitrogens with zero attached hydrogens (tertiary/aromatic N) is 1. The van der Waals surface area contributed by atoms with Gasteiger partial charge in [0, 0.05) is 30.9 Å². The minimum atomic E-state index is -1.36. The summed E-state index contributed by atoms with van der Waals surface area (Å²) in [6.07, 6.45) is 0.734. The van der Waals surface area contributed by atoms with E-state index >= 15 is 0 Å². The zero-order valence-corrected chi connectivity index (χ0v) is 22.9. The molecule has 2 rings (SSSR count). The lowest BCUT2D eigenvalue weighted by atomic mass is 10.0. The normalized spacial score (nSPS) is 18.4. The van der Waals surface area contributed by atoms with Crippen molar-refractivity contribution in [1.82, 2.24) is 15.5 Å². The van der Waals surface area contributed by atoms with Gasteiger partial charge in [-0.2, -0.15) is 0 Å². The van der Waals surface area contributed by atoms with E-state index in [-0.39, 0.29) is 56.1 Å². The molecule has 0 bridgehead atoms. The summed E-state index contributed by atoms with van der Waals surface area (Å²) in [5.41, 5.74) is -0.539.